The van der Waals surface area contributed by atoms with E-state index in [0.29, 0.717) is 5.56 Å². The molecule has 0 unspecified atom stereocenters. The number of carbonyl (C=O) groups is 1. The van der Waals surface area contributed by atoms with Gasteiger partial charge in [0, 0.05) is 5.56 Å². The molecular formula is C18H22N2O3. The van der Waals surface area contributed by atoms with Gasteiger partial charge in [-0.25, -0.2) is 0 Å². The molecule has 0 aromatic heterocycles. The van der Waals surface area contributed by atoms with E-state index in [2.05, 4.69) is 11.0 Å². The highest BCUT2D eigenvalue weighted by Crippen LogP contribution is 2.47. The quantitative estimate of drug-likeness (QED) is 0.746. The molecule has 5 heteroatoms. The number of rotatable bonds is 1. The number of nitriles is 1. The summed E-state index contributed by atoms with van der Waals surface area (Å²) in [6.45, 7) is 7.89. The summed E-state index contributed by atoms with van der Waals surface area (Å²) in [6, 6.07) is 7.18. The third kappa shape index (κ3) is 2.38. The Kier molecular flexibility index (Phi) is 3.61. The van der Waals surface area contributed by atoms with E-state index >= 15 is 0 Å². The van der Waals surface area contributed by atoms with E-state index in [9.17, 15) is 10.1 Å². The van der Waals surface area contributed by atoms with Crippen molar-refractivity contribution < 1.29 is 14.3 Å². The second kappa shape index (κ2) is 5.24. The number of ether oxygens (including phenoxy) is 2. The molecular weight excluding hydrogens is 292 g/mol. The smallest absolute Gasteiger partial charge is 0.324 e. The second-order valence-corrected chi connectivity index (χ2v) is 7.23. The standard InChI is InChI=1S/C18H22N2O3/c1-10(2)14-17(21)22-16-15(20(14)5)12-8-11(9-19)6-7-13(12)23-18(16,3)4/h6-8,10,14-16H,1-5H3/t14-,15+,16-/m0/s1. The molecule has 0 saturated carbocycles. The molecule has 3 atom stereocenters. The fraction of sp³-hybridized carbons (Fsp3) is 0.556. The van der Waals surface area contributed by atoms with Gasteiger partial charge in [0.1, 0.15) is 17.4 Å². The molecule has 2 heterocycles. The van der Waals surface area contributed by atoms with E-state index in [-0.39, 0.29) is 24.0 Å². The predicted octanol–water partition coefficient (Wildman–Crippen LogP) is 2.65. The molecule has 23 heavy (non-hydrogen) atoms. The van der Waals surface area contributed by atoms with Crippen LogP contribution in [0.1, 0.15) is 44.9 Å². The van der Waals surface area contributed by atoms with Crippen LogP contribution in [0.5, 0.6) is 5.75 Å². The van der Waals surface area contributed by atoms with Gasteiger partial charge in [0.05, 0.1) is 17.7 Å². The summed E-state index contributed by atoms with van der Waals surface area (Å²) in [4.78, 5) is 14.5. The van der Waals surface area contributed by atoms with Crippen molar-refractivity contribution in [3.8, 4) is 11.8 Å². The normalized spacial score (nSPS) is 29.1. The number of fused-ring (bicyclic) bond motifs is 3. The molecule has 0 radical (unpaired) electrons. The molecule has 3 rings (SSSR count). The van der Waals surface area contributed by atoms with E-state index in [1.165, 1.54) is 0 Å². The molecule has 2 aliphatic rings. The topological polar surface area (TPSA) is 62.6 Å². The van der Waals surface area contributed by atoms with E-state index in [1.807, 2.05) is 46.9 Å². The molecule has 1 aromatic rings. The van der Waals surface area contributed by atoms with Crippen LogP contribution < -0.4 is 4.74 Å². The number of morpholine rings is 1. The zero-order chi connectivity index (χ0) is 16.9. The lowest BCUT2D eigenvalue weighted by atomic mass is 9.82. The maximum Gasteiger partial charge on any atom is 0.324 e. The van der Waals surface area contributed by atoms with Gasteiger partial charge >= 0.3 is 5.97 Å². The zero-order valence-electron chi connectivity index (χ0n) is 14.2. The summed E-state index contributed by atoms with van der Waals surface area (Å²) in [6.07, 6.45) is -0.406. The molecule has 0 N–H and O–H groups in total. The van der Waals surface area contributed by atoms with Crippen molar-refractivity contribution in [3.05, 3.63) is 29.3 Å². The number of benzene rings is 1. The Morgan fingerprint density at radius 3 is 2.65 bits per heavy atom. The largest absolute Gasteiger partial charge is 0.484 e. The Morgan fingerprint density at radius 1 is 1.35 bits per heavy atom. The highest BCUT2D eigenvalue weighted by molar-refractivity contribution is 5.77. The van der Waals surface area contributed by atoms with Crippen LogP contribution in [0.2, 0.25) is 0 Å². The number of carbonyl (C=O) groups excluding carboxylic acids is 1. The fourth-order valence-corrected chi connectivity index (χ4v) is 3.74. The van der Waals surface area contributed by atoms with Crippen LogP contribution in [-0.4, -0.2) is 35.7 Å². The summed E-state index contributed by atoms with van der Waals surface area (Å²) in [5, 5.41) is 9.20. The lowest BCUT2D eigenvalue weighted by Crippen LogP contribution is -2.63. The van der Waals surface area contributed by atoms with Gasteiger partial charge in [0.25, 0.3) is 0 Å². The van der Waals surface area contributed by atoms with Gasteiger partial charge in [-0.1, -0.05) is 13.8 Å². The SMILES string of the molecule is CC(C)[C@H]1C(=O)O[C@H]2[C@@H](c3cc(C#N)ccc3OC2(C)C)N1C. The molecule has 0 bridgehead atoms. The number of hydrogen-bond donors (Lipinski definition) is 0. The van der Waals surface area contributed by atoms with E-state index in [4.69, 9.17) is 9.47 Å². The minimum Gasteiger partial charge on any atom is -0.484 e. The van der Waals surface area contributed by atoms with Gasteiger partial charge in [-0.05, 0) is 45.0 Å². The van der Waals surface area contributed by atoms with Gasteiger partial charge < -0.3 is 9.47 Å². The van der Waals surface area contributed by atoms with Crippen LogP contribution in [-0.2, 0) is 9.53 Å². The summed E-state index contributed by atoms with van der Waals surface area (Å²) in [7, 11) is 1.95. The highest BCUT2D eigenvalue weighted by Gasteiger charge is 2.54. The molecule has 122 valence electrons. The first kappa shape index (κ1) is 15.8. The Balaban J connectivity index is 2.14. The molecule has 1 aromatic carbocycles. The van der Waals surface area contributed by atoms with Crippen molar-refractivity contribution >= 4 is 5.97 Å². The van der Waals surface area contributed by atoms with Crippen molar-refractivity contribution in [3.63, 3.8) is 0 Å². The molecule has 0 amide bonds. The average Bonchev–Trinajstić information content (AvgIpc) is 2.46. The average molecular weight is 314 g/mol. The van der Waals surface area contributed by atoms with Crippen LogP contribution in [0.15, 0.2) is 18.2 Å². The van der Waals surface area contributed by atoms with Crippen LogP contribution in [0.25, 0.3) is 0 Å². The van der Waals surface area contributed by atoms with Crippen molar-refractivity contribution in [1.82, 2.24) is 4.90 Å². The van der Waals surface area contributed by atoms with Crippen molar-refractivity contribution in [2.45, 2.75) is 51.5 Å². The minimum absolute atomic E-state index is 0.118. The van der Waals surface area contributed by atoms with Gasteiger partial charge in [-0.15, -0.1) is 0 Å². The molecule has 0 aliphatic carbocycles. The molecule has 1 fully saturated rings. The van der Waals surface area contributed by atoms with Crippen molar-refractivity contribution in [1.29, 1.82) is 5.26 Å². The lowest BCUT2D eigenvalue weighted by Gasteiger charge is -2.52. The highest BCUT2D eigenvalue weighted by atomic mass is 16.6. The van der Waals surface area contributed by atoms with Gasteiger partial charge in [-0.2, -0.15) is 5.26 Å². The maximum absolute atomic E-state index is 12.5. The van der Waals surface area contributed by atoms with Gasteiger partial charge in [0.2, 0.25) is 0 Å². The second-order valence-electron chi connectivity index (χ2n) is 7.23. The van der Waals surface area contributed by atoms with E-state index in [1.54, 1.807) is 6.07 Å². The van der Waals surface area contributed by atoms with Crippen molar-refractivity contribution in [2.75, 3.05) is 7.05 Å². The Hall–Kier alpha value is -2.06. The number of nitrogens with zero attached hydrogens (tertiary/aromatic N) is 2. The fourth-order valence-electron chi connectivity index (χ4n) is 3.74. The third-order valence-electron chi connectivity index (χ3n) is 4.80. The number of esters is 1. The Bertz CT molecular complexity index is 690. The maximum atomic E-state index is 12.5. The monoisotopic (exact) mass is 314 g/mol. The molecule has 0 spiro atoms. The summed E-state index contributed by atoms with van der Waals surface area (Å²) in [5.41, 5.74) is 0.865. The minimum atomic E-state index is -0.627. The van der Waals surface area contributed by atoms with E-state index in [0.717, 1.165) is 11.3 Å². The van der Waals surface area contributed by atoms with Crippen LogP contribution in [0.3, 0.4) is 0 Å². The van der Waals surface area contributed by atoms with Crippen LogP contribution >= 0.6 is 0 Å². The van der Waals surface area contributed by atoms with Crippen LogP contribution in [0, 0.1) is 17.2 Å². The summed E-state index contributed by atoms with van der Waals surface area (Å²) < 4.78 is 11.9. The zero-order valence-corrected chi connectivity index (χ0v) is 14.2. The van der Waals surface area contributed by atoms with E-state index < -0.39 is 11.7 Å². The first-order chi connectivity index (χ1) is 10.8. The molecule has 5 nitrogen and oxygen atoms in total. The summed E-state index contributed by atoms with van der Waals surface area (Å²) in [5.74, 6) is 0.685. The molecule has 2 aliphatic heterocycles. The van der Waals surface area contributed by atoms with Gasteiger partial charge in [0.15, 0.2) is 6.10 Å². The predicted molar refractivity (Wildman–Crippen MR) is 84.9 cm³/mol. The number of hydrogen-bond acceptors (Lipinski definition) is 5. The number of likely N-dealkylation sites (N-methyl/N-ethyl adjacent to an activating group) is 1. The first-order valence-electron chi connectivity index (χ1n) is 7.91. The lowest BCUT2D eigenvalue weighted by molar-refractivity contribution is -0.199. The summed E-state index contributed by atoms with van der Waals surface area (Å²) >= 11 is 0. The van der Waals surface area contributed by atoms with Gasteiger partial charge in [-0.3, -0.25) is 9.69 Å². The third-order valence-corrected chi connectivity index (χ3v) is 4.80. The first-order valence-corrected chi connectivity index (χ1v) is 7.91. The van der Waals surface area contributed by atoms with Crippen LogP contribution in [0.4, 0.5) is 0 Å². The Morgan fingerprint density at radius 2 is 2.04 bits per heavy atom. The Labute approximate surface area is 136 Å². The van der Waals surface area contributed by atoms with Crippen molar-refractivity contribution in [2.24, 2.45) is 5.92 Å². The molecule has 1 saturated heterocycles.